The second-order valence-electron chi connectivity index (χ2n) is 5.33. The monoisotopic (exact) mass is 332 g/mol. The summed E-state index contributed by atoms with van der Waals surface area (Å²) in [6, 6.07) is 15.3. The number of benzene rings is 2. The molecular formula is C19H24O5. The van der Waals surface area contributed by atoms with Gasteiger partial charge in [0.2, 0.25) is 0 Å². The van der Waals surface area contributed by atoms with Crippen molar-refractivity contribution < 1.29 is 24.1 Å². The van der Waals surface area contributed by atoms with E-state index in [2.05, 4.69) is 0 Å². The summed E-state index contributed by atoms with van der Waals surface area (Å²) in [5, 5.41) is 9.41. The number of hydrogen-bond acceptors (Lipinski definition) is 5. The lowest BCUT2D eigenvalue weighted by molar-refractivity contribution is -0.0536. The van der Waals surface area contributed by atoms with Crippen LogP contribution in [0.4, 0.5) is 0 Å². The smallest absolute Gasteiger partial charge is 0.118 e. The third-order valence-electron chi connectivity index (χ3n) is 3.58. The van der Waals surface area contributed by atoms with Crippen LogP contribution in [0.25, 0.3) is 0 Å². The maximum absolute atomic E-state index is 9.41. The summed E-state index contributed by atoms with van der Waals surface area (Å²) >= 11 is 0. The molecule has 0 radical (unpaired) electrons. The Kier molecular flexibility index (Phi) is 7.55. The molecule has 0 aromatic heterocycles. The van der Waals surface area contributed by atoms with Gasteiger partial charge in [-0.25, -0.2) is 0 Å². The molecule has 130 valence electrons. The molecule has 0 bridgehead atoms. The highest BCUT2D eigenvalue weighted by atomic mass is 16.5. The van der Waals surface area contributed by atoms with Gasteiger partial charge in [0, 0.05) is 0 Å². The number of rotatable bonds is 10. The number of aliphatic hydroxyl groups is 1. The minimum absolute atomic E-state index is 0.0846. The zero-order valence-electron chi connectivity index (χ0n) is 14.1. The molecule has 1 atom stereocenters. The van der Waals surface area contributed by atoms with Crippen LogP contribution >= 0.6 is 0 Å². The first-order chi connectivity index (χ1) is 11.7. The Morgan fingerprint density at radius 2 is 1.29 bits per heavy atom. The number of aliphatic hydroxyl groups excluding tert-OH is 1. The van der Waals surface area contributed by atoms with E-state index >= 15 is 0 Å². The Hall–Kier alpha value is -2.08. The molecule has 0 fully saturated rings. The van der Waals surface area contributed by atoms with Crippen LogP contribution in [0.15, 0.2) is 48.5 Å². The van der Waals surface area contributed by atoms with Crippen molar-refractivity contribution in [2.75, 3.05) is 27.4 Å². The molecule has 0 aliphatic heterocycles. The van der Waals surface area contributed by atoms with Crippen molar-refractivity contribution in [3.63, 3.8) is 0 Å². The lowest BCUT2D eigenvalue weighted by Crippen LogP contribution is -2.23. The SMILES string of the molecule is COc1ccc(COC[C@H](CO)OCc2ccc(OC)cc2)cc1. The normalized spacial score (nSPS) is 12.0. The summed E-state index contributed by atoms with van der Waals surface area (Å²) < 4.78 is 21.5. The van der Waals surface area contributed by atoms with Gasteiger partial charge in [0.1, 0.15) is 17.6 Å². The fourth-order valence-electron chi connectivity index (χ4n) is 2.12. The van der Waals surface area contributed by atoms with Crippen LogP contribution in [-0.4, -0.2) is 38.6 Å². The Labute approximate surface area is 142 Å². The lowest BCUT2D eigenvalue weighted by atomic mass is 10.2. The van der Waals surface area contributed by atoms with Crippen LogP contribution in [0.2, 0.25) is 0 Å². The minimum atomic E-state index is -0.356. The van der Waals surface area contributed by atoms with Crippen LogP contribution < -0.4 is 9.47 Å². The molecule has 24 heavy (non-hydrogen) atoms. The van der Waals surface area contributed by atoms with E-state index in [0.29, 0.717) is 19.8 Å². The van der Waals surface area contributed by atoms with Gasteiger partial charge < -0.3 is 24.1 Å². The molecule has 2 aromatic rings. The first-order valence-electron chi connectivity index (χ1n) is 7.81. The Morgan fingerprint density at radius 3 is 1.75 bits per heavy atom. The van der Waals surface area contributed by atoms with Crippen LogP contribution in [0, 0.1) is 0 Å². The second-order valence-corrected chi connectivity index (χ2v) is 5.33. The number of methoxy groups -OCH3 is 2. The highest BCUT2D eigenvalue weighted by Crippen LogP contribution is 2.14. The van der Waals surface area contributed by atoms with Gasteiger partial charge in [-0.3, -0.25) is 0 Å². The Balaban J connectivity index is 1.72. The average molecular weight is 332 g/mol. The van der Waals surface area contributed by atoms with E-state index in [4.69, 9.17) is 18.9 Å². The van der Waals surface area contributed by atoms with E-state index in [9.17, 15) is 5.11 Å². The van der Waals surface area contributed by atoms with Crippen molar-refractivity contribution in [1.29, 1.82) is 0 Å². The van der Waals surface area contributed by atoms with E-state index in [0.717, 1.165) is 22.6 Å². The topological polar surface area (TPSA) is 57.2 Å². The van der Waals surface area contributed by atoms with Crippen molar-refractivity contribution in [3.05, 3.63) is 59.7 Å². The van der Waals surface area contributed by atoms with Crippen molar-refractivity contribution >= 4 is 0 Å². The fraction of sp³-hybridized carbons (Fsp3) is 0.368. The van der Waals surface area contributed by atoms with Gasteiger partial charge in [-0.2, -0.15) is 0 Å². The number of ether oxygens (including phenoxy) is 4. The molecule has 0 amide bonds. The molecule has 5 heteroatoms. The van der Waals surface area contributed by atoms with Gasteiger partial charge >= 0.3 is 0 Å². The Morgan fingerprint density at radius 1 is 0.792 bits per heavy atom. The summed E-state index contributed by atoms with van der Waals surface area (Å²) in [7, 11) is 3.27. The fourth-order valence-corrected chi connectivity index (χ4v) is 2.12. The van der Waals surface area contributed by atoms with E-state index < -0.39 is 0 Å². The number of hydrogen-bond donors (Lipinski definition) is 1. The minimum Gasteiger partial charge on any atom is -0.497 e. The Bertz CT molecular complexity index is 580. The summed E-state index contributed by atoms with van der Waals surface area (Å²) in [4.78, 5) is 0. The van der Waals surface area contributed by atoms with Gasteiger partial charge in [-0.15, -0.1) is 0 Å². The van der Waals surface area contributed by atoms with Crippen molar-refractivity contribution in [1.82, 2.24) is 0 Å². The van der Waals surface area contributed by atoms with Crippen molar-refractivity contribution in [3.8, 4) is 11.5 Å². The van der Waals surface area contributed by atoms with Gasteiger partial charge in [0.25, 0.3) is 0 Å². The molecule has 0 saturated carbocycles. The van der Waals surface area contributed by atoms with Gasteiger partial charge in [-0.05, 0) is 35.4 Å². The third-order valence-corrected chi connectivity index (χ3v) is 3.58. The van der Waals surface area contributed by atoms with E-state index in [1.165, 1.54) is 0 Å². The molecule has 5 nitrogen and oxygen atoms in total. The molecule has 0 unspecified atom stereocenters. The summed E-state index contributed by atoms with van der Waals surface area (Å²) in [6.07, 6.45) is -0.356. The molecule has 0 saturated heterocycles. The molecule has 0 spiro atoms. The average Bonchev–Trinajstić information content (AvgIpc) is 2.65. The van der Waals surface area contributed by atoms with Gasteiger partial charge in [-0.1, -0.05) is 24.3 Å². The predicted octanol–water partition coefficient (Wildman–Crippen LogP) is 2.80. The lowest BCUT2D eigenvalue weighted by Gasteiger charge is -2.16. The maximum Gasteiger partial charge on any atom is 0.118 e. The first kappa shape index (κ1) is 18.3. The van der Waals surface area contributed by atoms with Crippen LogP contribution in [0.1, 0.15) is 11.1 Å². The van der Waals surface area contributed by atoms with Crippen LogP contribution in [-0.2, 0) is 22.7 Å². The zero-order valence-corrected chi connectivity index (χ0v) is 14.1. The molecule has 2 rings (SSSR count). The largest absolute Gasteiger partial charge is 0.497 e. The van der Waals surface area contributed by atoms with Crippen molar-refractivity contribution in [2.24, 2.45) is 0 Å². The molecule has 0 aliphatic rings. The molecule has 1 N–H and O–H groups in total. The third kappa shape index (κ3) is 5.85. The highest BCUT2D eigenvalue weighted by molar-refractivity contribution is 5.27. The van der Waals surface area contributed by atoms with E-state index in [1.54, 1.807) is 14.2 Å². The highest BCUT2D eigenvalue weighted by Gasteiger charge is 2.09. The first-order valence-corrected chi connectivity index (χ1v) is 7.81. The molecule has 0 heterocycles. The second kappa shape index (κ2) is 9.93. The molecule has 2 aromatic carbocycles. The molecular weight excluding hydrogens is 308 g/mol. The zero-order chi connectivity index (χ0) is 17.2. The van der Waals surface area contributed by atoms with Crippen LogP contribution in [0.5, 0.6) is 11.5 Å². The summed E-state index contributed by atoms with van der Waals surface area (Å²) in [5.41, 5.74) is 2.06. The van der Waals surface area contributed by atoms with Crippen molar-refractivity contribution in [2.45, 2.75) is 19.3 Å². The van der Waals surface area contributed by atoms with E-state index in [-0.39, 0.29) is 12.7 Å². The maximum atomic E-state index is 9.41. The standard InChI is InChI=1S/C19H24O5/c1-21-17-7-3-15(4-8-17)12-23-14-19(11-20)24-13-16-5-9-18(22-2)10-6-16/h3-10,19-20H,11-14H2,1-2H3/t19-/m0/s1. The quantitative estimate of drug-likeness (QED) is 0.725. The summed E-state index contributed by atoms with van der Waals surface area (Å²) in [5.74, 6) is 1.62. The predicted molar refractivity (Wildman–Crippen MR) is 91.3 cm³/mol. The van der Waals surface area contributed by atoms with Gasteiger partial charge in [0.05, 0.1) is 40.6 Å². The van der Waals surface area contributed by atoms with E-state index in [1.807, 2.05) is 48.5 Å². The molecule has 0 aliphatic carbocycles. The van der Waals surface area contributed by atoms with Crippen LogP contribution in [0.3, 0.4) is 0 Å². The summed E-state index contributed by atoms with van der Waals surface area (Å²) in [6.45, 7) is 1.13. The van der Waals surface area contributed by atoms with Gasteiger partial charge in [0.15, 0.2) is 0 Å².